The van der Waals surface area contributed by atoms with Crippen LogP contribution >= 0.6 is 0 Å². The highest BCUT2D eigenvalue weighted by molar-refractivity contribution is 5.81. The highest BCUT2D eigenvalue weighted by Crippen LogP contribution is 2.10. The van der Waals surface area contributed by atoms with Gasteiger partial charge in [0.05, 0.1) is 11.6 Å². The number of methoxy groups -OCH3 is 1. The van der Waals surface area contributed by atoms with Gasteiger partial charge in [0.2, 0.25) is 5.91 Å². The molecule has 5 heteroatoms. The van der Waals surface area contributed by atoms with Crippen LogP contribution in [0.25, 0.3) is 0 Å². The summed E-state index contributed by atoms with van der Waals surface area (Å²) in [5, 5.41) is 12.6. The predicted molar refractivity (Wildman–Crippen MR) is 67.6 cm³/mol. The SMILES string of the molecule is CCCC(C)(O)CNC(=O)C(N)CCCOC. The van der Waals surface area contributed by atoms with E-state index in [2.05, 4.69) is 5.32 Å². The molecule has 5 nitrogen and oxygen atoms in total. The van der Waals surface area contributed by atoms with Gasteiger partial charge in [0, 0.05) is 20.3 Å². The van der Waals surface area contributed by atoms with Crippen LogP contribution in [0.3, 0.4) is 0 Å². The summed E-state index contributed by atoms with van der Waals surface area (Å²) in [6.07, 6.45) is 2.89. The van der Waals surface area contributed by atoms with Gasteiger partial charge in [-0.1, -0.05) is 13.3 Å². The molecule has 0 spiro atoms. The van der Waals surface area contributed by atoms with Crippen LogP contribution in [0.15, 0.2) is 0 Å². The van der Waals surface area contributed by atoms with Gasteiger partial charge >= 0.3 is 0 Å². The van der Waals surface area contributed by atoms with Crippen LogP contribution < -0.4 is 11.1 Å². The van der Waals surface area contributed by atoms with Crippen molar-refractivity contribution in [3.05, 3.63) is 0 Å². The zero-order chi connectivity index (χ0) is 13.3. The molecule has 0 heterocycles. The molecule has 4 N–H and O–H groups in total. The molecular formula is C12H26N2O3. The van der Waals surface area contributed by atoms with Crippen LogP contribution in [0.2, 0.25) is 0 Å². The van der Waals surface area contributed by atoms with Crippen LogP contribution in [-0.4, -0.2) is 42.9 Å². The molecule has 0 aliphatic rings. The number of amides is 1. The second-order valence-corrected chi connectivity index (χ2v) is 4.71. The lowest BCUT2D eigenvalue weighted by Gasteiger charge is -2.24. The van der Waals surface area contributed by atoms with Crippen molar-refractivity contribution in [2.45, 2.75) is 51.2 Å². The molecule has 2 atom stereocenters. The van der Waals surface area contributed by atoms with Crippen molar-refractivity contribution in [1.29, 1.82) is 0 Å². The molecule has 0 aromatic carbocycles. The van der Waals surface area contributed by atoms with E-state index in [0.717, 1.165) is 12.8 Å². The van der Waals surface area contributed by atoms with E-state index in [9.17, 15) is 9.90 Å². The summed E-state index contributed by atoms with van der Waals surface area (Å²) in [6.45, 7) is 4.56. The Hall–Kier alpha value is -0.650. The van der Waals surface area contributed by atoms with Gasteiger partial charge in [-0.2, -0.15) is 0 Å². The molecule has 1 amide bonds. The smallest absolute Gasteiger partial charge is 0.237 e. The van der Waals surface area contributed by atoms with Gasteiger partial charge in [0.1, 0.15) is 0 Å². The molecule has 0 saturated heterocycles. The molecule has 0 fully saturated rings. The zero-order valence-corrected chi connectivity index (χ0v) is 11.2. The van der Waals surface area contributed by atoms with Crippen LogP contribution in [0.4, 0.5) is 0 Å². The maximum Gasteiger partial charge on any atom is 0.237 e. The summed E-state index contributed by atoms with van der Waals surface area (Å²) in [7, 11) is 1.62. The van der Waals surface area contributed by atoms with Gasteiger partial charge < -0.3 is 20.9 Å². The van der Waals surface area contributed by atoms with E-state index in [1.54, 1.807) is 14.0 Å². The van der Waals surface area contributed by atoms with Crippen molar-refractivity contribution >= 4 is 5.91 Å². The maximum absolute atomic E-state index is 11.6. The van der Waals surface area contributed by atoms with Crippen molar-refractivity contribution in [3.63, 3.8) is 0 Å². The Bertz CT molecular complexity index is 220. The fourth-order valence-corrected chi connectivity index (χ4v) is 1.61. The summed E-state index contributed by atoms with van der Waals surface area (Å²) in [5.74, 6) is -0.211. The van der Waals surface area contributed by atoms with E-state index in [4.69, 9.17) is 10.5 Å². The molecule has 102 valence electrons. The number of aliphatic hydroxyl groups is 1. The topological polar surface area (TPSA) is 84.6 Å². The summed E-state index contributed by atoms with van der Waals surface area (Å²) >= 11 is 0. The van der Waals surface area contributed by atoms with E-state index in [1.807, 2.05) is 6.92 Å². The Morgan fingerprint density at radius 3 is 2.76 bits per heavy atom. The molecule has 0 bridgehead atoms. The number of hydrogen-bond donors (Lipinski definition) is 3. The quantitative estimate of drug-likeness (QED) is 0.514. The Labute approximate surface area is 104 Å². The minimum absolute atomic E-state index is 0.211. The first-order valence-electron chi connectivity index (χ1n) is 6.17. The average Bonchev–Trinajstić information content (AvgIpc) is 2.26. The Balaban J connectivity index is 3.84. The van der Waals surface area contributed by atoms with Gasteiger partial charge in [0.15, 0.2) is 0 Å². The molecule has 17 heavy (non-hydrogen) atoms. The molecule has 0 aromatic rings. The fraction of sp³-hybridized carbons (Fsp3) is 0.917. The van der Waals surface area contributed by atoms with Gasteiger partial charge in [-0.15, -0.1) is 0 Å². The summed E-state index contributed by atoms with van der Waals surface area (Å²) in [4.78, 5) is 11.6. The first kappa shape index (κ1) is 16.4. The number of carbonyl (C=O) groups excluding carboxylic acids is 1. The lowest BCUT2D eigenvalue weighted by molar-refractivity contribution is -0.123. The molecule has 0 radical (unpaired) electrons. The summed E-state index contributed by atoms with van der Waals surface area (Å²) in [6, 6.07) is -0.525. The standard InChI is InChI=1S/C12H26N2O3/c1-4-7-12(2,16)9-14-11(15)10(13)6-5-8-17-3/h10,16H,4-9,13H2,1-3H3,(H,14,15). The van der Waals surface area contributed by atoms with Gasteiger partial charge in [-0.3, -0.25) is 4.79 Å². The Morgan fingerprint density at radius 1 is 1.59 bits per heavy atom. The van der Waals surface area contributed by atoms with Crippen LogP contribution in [0, 0.1) is 0 Å². The third kappa shape index (κ3) is 8.12. The molecule has 0 saturated carbocycles. The van der Waals surface area contributed by atoms with E-state index in [-0.39, 0.29) is 12.5 Å². The molecule has 0 aliphatic carbocycles. The lowest BCUT2D eigenvalue weighted by atomic mass is 10.0. The largest absolute Gasteiger partial charge is 0.388 e. The van der Waals surface area contributed by atoms with E-state index < -0.39 is 11.6 Å². The third-order valence-electron chi connectivity index (χ3n) is 2.63. The van der Waals surface area contributed by atoms with E-state index in [1.165, 1.54) is 0 Å². The highest BCUT2D eigenvalue weighted by atomic mass is 16.5. The monoisotopic (exact) mass is 246 g/mol. The number of hydrogen-bond acceptors (Lipinski definition) is 4. The molecular weight excluding hydrogens is 220 g/mol. The third-order valence-corrected chi connectivity index (χ3v) is 2.63. The number of nitrogens with one attached hydrogen (secondary N) is 1. The number of rotatable bonds is 9. The van der Waals surface area contributed by atoms with Gasteiger partial charge in [-0.05, 0) is 26.2 Å². The second-order valence-electron chi connectivity index (χ2n) is 4.71. The predicted octanol–water partition coefficient (Wildman–Crippen LogP) is 0.408. The van der Waals surface area contributed by atoms with Gasteiger partial charge in [0.25, 0.3) is 0 Å². The maximum atomic E-state index is 11.6. The number of carbonyl (C=O) groups is 1. The molecule has 2 unspecified atom stereocenters. The lowest BCUT2D eigenvalue weighted by Crippen LogP contribution is -2.47. The van der Waals surface area contributed by atoms with Crippen molar-refractivity contribution in [2.75, 3.05) is 20.3 Å². The second kappa shape index (κ2) is 8.44. The van der Waals surface area contributed by atoms with Crippen molar-refractivity contribution in [1.82, 2.24) is 5.32 Å². The molecule has 0 aliphatic heterocycles. The molecule has 0 aromatic heterocycles. The minimum Gasteiger partial charge on any atom is -0.388 e. The summed E-state index contributed by atoms with van der Waals surface area (Å²) in [5.41, 5.74) is 4.86. The van der Waals surface area contributed by atoms with Gasteiger partial charge in [-0.25, -0.2) is 0 Å². The van der Waals surface area contributed by atoms with Crippen LogP contribution in [0.5, 0.6) is 0 Å². The number of nitrogens with two attached hydrogens (primary N) is 1. The Kier molecular flexibility index (Phi) is 8.12. The molecule has 0 rings (SSSR count). The normalized spacial score (nSPS) is 16.3. The fourth-order valence-electron chi connectivity index (χ4n) is 1.61. The van der Waals surface area contributed by atoms with Crippen molar-refractivity contribution in [2.24, 2.45) is 5.73 Å². The van der Waals surface area contributed by atoms with Crippen molar-refractivity contribution < 1.29 is 14.6 Å². The van der Waals surface area contributed by atoms with E-state index >= 15 is 0 Å². The highest BCUT2D eigenvalue weighted by Gasteiger charge is 2.21. The van der Waals surface area contributed by atoms with Crippen LogP contribution in [0.1, 0.15) is 39.5 Å². The first-order valence-corrected chi connectivity index (χ1v) is 6.17. The zero-order valence-electron chi connectivity index (χ0n) is 11.2. The average molecular weight is 246 g/mol. The number of ether oxygens (including phenoxy) is 1. The van der Waals surface area contributed by atoms with Crippen LogP contribution in [-0.2, 0) is 9.53 Å². The van der Waals surface area contributed by atoms with Crippen molar-refractivity contribution in [3.8, 4) is 0 Å². The Morgan fingerprint density at radius 2 is 2.24 bits per heavy atom. The van der Waals surface area contributed by atoms with E-state index in [0.29, 0.717) is 19.4 Å². The minimum atomic E-state index is -0.851. The first-order chi connectivity index (χ1) is 7.93. The summed E-state index contributed by atoms with van der Waals surface area (Å²) < 4.78 is 4.89.